The first-order valence-corrected chi connectivity index (χ1v) is 5.61. The zero-order valence-electron chi connectivity index (χ0n) is 9.79. The molecule has 1 heterocycles. The Bertz CT molecular complexity index is 217. The molecule has 1 amide bonds. The van der Waals surface area contributed by atoms with Crippen LogP contribution in [0.4, 0.5) is 0 Å². The lowest BCUT2D eigenvalue weighted by Gasteiger charge is -2.38. The fourth-order valence-electron chi connectivity index (χ4n) is 1.97. The molecule has 0 spiro atoms. The van der Waals surface area contributed by atoms with Crippen LogP contribution in [0.2, 0.25) is 0 Å². The highest BCUT2D eigenvalue weighted by Gasteiger charge is 2.28. The van der Waals surface area contributed by atoms with Gasteiger partial charge in [-0.15, -0.1) is 0 Å². The zero-order valence-corrected chi connectivity index (χ0v) is 9.79. The number of rotatable bonds is 4. The van der Waals surface area contributed by atoms with Crippen LogP contribution in [0.25, 0.3) is 0 Å². The van der Waals surface area contributed by atoms with Crippen molar-refractivity contribution in [1.82, 2.24) is 4.90 Å². The molecule has 0 atom stereocenters. The fourth-order valence-corrected chi connectivity index (χ4v) is 1.97. The molecule has 1 fully saturated rings. The molecule has 0 aromatic carbocycles. The van der Waals surface area contributed by atoms with E-state index >= 15 is 0 Å². The predicted molar refractivity (Wildman–Crippen MR) is 59.5 cm³/mol. The van der Waals surface area contributed by atoms with E-state index in [1.165, 1.54) is 6.42 Å². The lowest BCUT2D eigenvalue weighted by Crippen LogP contribution is -2.45. The highest BCUT2D eigenvalue weighted by atomic mass is 16.5. The van der Waals surface area contributed by atoms with E-state index in [1.54, 1.807) is 0 Å². The molecule has 0 bridgehead atoms. The molecular weight excluding hydrogens is 192 g/mol. The Kier molecular flexibility index (Phi) is 4.54. The summed E-state index contributed by atoms with van der Waals surface area (Å²) in [5.41, 5.74) is 5.54. The maximum Gasteiger partial charge on any atom is 0.248 e. The van der Waals surface area contributed by atoms with Crippen LogP contribution in [0.5, 0.6) is 0 Å². The van der Waals surface area contributed by atoms with Gasteiger partial charge in [-0.2, -0.15) is 0 Å². The average molecular weight is 214 g/mol. The highest BCUT2D eigenvalue weighted by Crippen LogP contribution is 2.28. The van der Waals surface area contributed by atoms with E-state index < -0.39 is 0 Å². The van der Waals surface area contributed by atoms with Gasteiger partial charge in [0.1, 0.15) is 6.61 Å². The number of amides is 1. The van der Waals surface area contributed by atoms with Crippen molar-refractivity contribution in [2.75, 3.05) is 32.8 Å². The van der Waals surface area contributed by atoms with Gasteiger partial charge in [-0.05, 0) is 18.3 Å². The summed E-state index contributed by atoms with van der Waals surface area (Å²) >= 11 is 0. The average Bonchev–Trinajstić information content (AvgIpc) is 2.16. The third-order valence-corrected chi connectivity index (χ3v) is 2.74. The predicted octanol–water partition coefficient (Wildman–Crippen LogP) is 0.610. The first kappa shape index (κ1) is 12.5. The van der Waals surface area contributed by atoms with Crippen molar-refractivity contribution >= 4 is 5.91 Å². The minimum Gasteiger partial charge on any atom is -0.370 e. The lowest BCUT2D eigenvalue weighted by molar-refractivity contribution is -0.139. The molecule has 2 N–H and O–H groups in total. The Morgan fingerprint density at radius 3 is 2.87 bits per heavy atom. The van der Waals surface area contributed by atoms with Crippen LogP contribution in [0.1, 0.15) is 26.7 Å². The zero-order chi connectivity index (χ0) is 11.3. The Hall–Kier alpha value is -0.610. The second-order valence-electron chi connectivity index (χ2n) is 4.92. The minimum atomic E-state index is 0.0937. The number of nitrogens with zero attached hydrogens (tertiary/aromatic N) is 1. The number of nitrogens with two attached hydrogens (primary N) is 1. The number of hydrogen-bond donors (Lipinski definition) is 1. The number of ether oxygens (including phenoxy) is 1. The molecule has 0 aromatic rings. The van der Waals surface area contributed by atoms with Crippen LogP contribution in [0.15, 0.2) is 0 Å². The van der Waals surface area contributed by atoms with E-state index in [0.29, 0.717) is 13.2 Å². The van der Waals surface area contributed by atoms with Gasteiger partial charge in [-0.1, -0.05) is 13.8 Å². The molecule has 4 heteroatoms. The summed E-state index contributed by atoms with van der Waals surface area (Å²) in [6.07, 6.45) is 2.29. The molecular formula is C11H22N2O2. The van der Waals surface area contributed by atoms with Crippen molar-refractivity contribution in [3.8, 4) is 0 Å². The van der Waals surface area contributed by atoms with Gasteiger partial charge in [0.2, 0.25) is 5.91 Å². The molecule has 0 aromatic heterocycles. The molecule has 0 saturated carbocycles. The molecule has 1 rings (SSSR count). The molecule has 0 unspecified atom stereocenters. The number of piperidine rings is 1. The van der Waals surface area contributed by atoms with Crippen molar-refractivity contribution < 1.29 is 9.53 Å². The van der Waals surface area contributed by atoms with E-state index in [2.05, 4.69) is 13.8 Å². The van der Waals surface area contributed by atoms with Crippen molar-refractivity contribution in [3.05, 3.63) is 0 Å². The first-order valence-electron chi connectivity index (χ1n) is 5.61. The summed E-state index contributed by atoms with van der Waals surface area (Å²) in [5.74, 6) is 0.0937. The van der Waals surface area contributed by atoms with Crippen LogP contribution in [0.3, 0.4) is 0 Å². The number of carbonyl (C=O) groups is 1. The van der Waals surface area contributed by atoms with Crippen LogP contribution in [-0.4, -0.2) is 43.7 Å². The fraction of sp³-hybridized carbons (Fsp3) is 0.909. The van der Waals surface area contributed by atoms with Crippen LogP contribution in [0, 0.1) is 5.41 Å². The monoisotopic (exact) mass is 214 g/mol. The van der Waals surface area contributed by atoms with E-state index in [-0.39, 0.29) is 17.9 Å². The molecule has 0 aliphatic carbocycles. The van der Waals surface area contributed by atoms with Gasteiger partial charge in [-0.3, -0.25) is 4.79 Å². The van der Waals surface area contributed by atoms with E-state index in [9.17, 15) is 4.79 Å². The van der Waals surface area contributed by atoms with Gasteiger partial charge in [0.25, 0.3) is 0 Å². The second-order valence-corrected chi connectivity index (χ2v) is 4.92. The van der Waals surface area contributed by atoms with E-state index in [0.717, 1.165) is 19.5 Å². The van der Waals surface area contributed by atoms with Crippen LogP contribution >= 0.6 is 0 Å². The summed E-state index contributed by atoms with van der Waals surface area (Å²) in [5, 5.41) is 0. The molecule has 15 heavy (non-hydrogen) atoms. The molecule has 0 radical (unpaired) electrons. The summed E-state index contributed by atoms with van der Waals surface area (Å²) < 4.78 is 5.15. The van der Waals surface area contributed by atoms with E-state index in [4.69, 9.17) is 10.5 Å². The quantitative estimate of drug-likeness (QED) is 0.698. The van der Waals surface area contributed by atoms with Crippen molar-refractivity contribution in [3.63, 3.8) is 0 Å². The van der Waals surface area contributed by atoms with Gasteiger partial charge in [-0.25, -0.2) is 0 Å². The maximum atomic E-state index is 11.7. The Balaban J connectivity index is 2.32. The minimum absolute atomic E-state index is 0.0937. The largest absolute Gasteiger partial charge is 0.370 e. The van der Waals surface area contributed by atoms with Crippen molar-refractivity contribution in [2.45, 2.75) is 26.7 Å². The normalized spacial score (nSPS) is 20.3. The number of hydrogen-bond acceptors (Lipinski definition) is 3. The maximum absolute atomic E-state index is 11.7. The lowest BCUT2D eigenvalue weighted by atomic mass is 9.84. The molecule has 4 nitrogen and oxygen atoms in total. The Labute approximate surface area is 91.8 Å². The van der Waals surface area contributed by atoms with Gasteiger partial charge < -0.3 is 15.4 Å². The topological polar surface area (TPSA) is 55.6 Å². The highest BCUT2D eigenvalue weighted by molar-refractivity contribution is 5.77. The van der Waals surface area contributed by atoms with Gasteiger partial charge in [0.05, 0.1) is 6.61 Å². The smallest absolute Gasteiger partial charge is 0.248 e. The SMILES string of the molecule is CC1(C)CCCN(C(=O)COCCN)C1. The molecule has 1 saturated heterocycles. The Morgan fingerprint density at radius 1 is 1.53 bits per heavy atom. The van der Waals surface area contributed by atoms with Crippen LogP contribution in [-0.2, 0) is 9.53 Å². The summed E-state index contributed by atoms with van der Waals surface area (Å²) in [7, 11) is 0. The number of likely N-dealkylation sites (tertiary alicyclic amines) is 1. The van der Waals surface area contributed by atoms with Gasteiger partial charge in [0.15, 0.2) is 0 Å². The first-order chi connectivity index (χ1) is 7.05. The Morgan fingerprint density at radius 2 is 2.27 bits per heavy atom. The number of carbonyl (C=O) groups excluding carboxylic acids is 1. The van der Waals surface area contributed by atoms with E-state index in [1.807, 2.05) is 4.90 Å². The molecule has 88 valence electrons. The summed E-state index contributed by atoms with van der Waals surface area (Å²) in [6, 6.07) is 0. The summed E-state index contributed by atoms with van der Waals surface area (Å²) in [6.45, 7) is 7.22. The van der Waals surface area contributed by atoms with Gasteiger partial charge >= 0.3 is 0 Å². The second kappa shape index (κ2) is 5.47. The van der Waals surface area contributed by atoms with Gasteiger partial charge in [0, 0.05) is 19.6 Å². The van der Waals surface area contributed by atoms with Crippen molar-refractivity contribution in [1.29, 1.82) is 0 Å². The standard InChI is InChI=1S/C11H22N2O2/c1-11(2)4-3-6-13(9-11)10(14)8-15-7-5-12/h3-9,12H2,1-2H3. The summed E-state index contributed by atoms with van der Waals surface area (Å²) in [4.78, 5) is 13.6. The third kappa shape index (κ3) is 4.18. The molecule has 1 aliphatic rings. The third-order valence-electron chi connectivity index (χ3n) is 2.74. The van der Waals surface area contributed by atoms with Crippen molar-refractivity contribution in [2.24, 2.45) is 11.1 Å². The van der Waals surface area contributed by atoms with Crippen LogP contribution < -0.4 is 5.73 Å². The molecule has 1 aliphatic heterocycles.